The molecule has 1 unspecified atom stereocenters. The van der Waals surface area contributed by atoms with E-state index < -0.39 is 5.25 Å². The highest BCUT2D eigenvalue weighted by atomic mass is 32.2. The molecule has 4 rings (SSSR count). The number of piperidine rings is 1. The van der Waals surface area contributed by atoms with Crippen molar-refractivity contribution in [3.63, 3.8) is 0 Å². The van der Waals surface area contributed by atoms with Gasteiger partial charge in [0, 0.05) is 22.9 Å². The molecule has 29 heavy (non-hydrogen) atoms. The van der Waals surface area contributed by atoms with Crippen LogP contribution in [0.5, 0.6) is 0 Å². The number of fused-ring (bicyclic) bond motifs is 1. The minimum atomic E-state index is -0.826. The molecule has 1 N–H and O–H groups in total. The number of rotatable bonds is 5. The quantitative estimate of drug-likeness (QED) is 0.742. The van der Waals surface area contributed by atoms with E-state index in [2.05, 4.69) is 5.32 Å². The molecular weight excluding hydrogens is 406 g/mol. The number of hydrogen-bond donors (Lipinski definition) is 1. The van der Waals surface area contributed by atoms with Crippen LogP contribution in [-0.4, -0.2) is 47.5 Å². The van der Waals surface area contributed by atoms with Gasteiger partial charge in [-0.15, -0.1) is 23.1 Å². The van der Waals surface area contributed by atoms with Crippen molar-refractivity contribution in [2.75, 3.05) is 24.5 Å². The molecule has 1 fully saturated rings. The monoisotopic (exact) mass is 429 g/mol. The van der Waals surface area contributed by atoms with E-state index in [9.17, 15) is 14.4 Å². The smallest absolute Gasteiger partial charge is 0.250 e. The lowest BCUT2D eigenvalue weighted by Crippen LogP contribution is -2.52. The molecule has 0 radical (unpaired) electrons. The first-order valence-corrected chi connectivity index (χ1v) is 11.5. The van der Waals surface area contributed by atoms with Gasteiger partial charge in [0.2, 0.25) is 11.8 Å². The van der Waals surface area contributed by atoms with Crippen LogP contribution in [0.3, 0.4) is 0 Å². The summed E-state index contributed by atoms with van der Waals surface area (Å²) < 4.78 is 0. The predicted molar refractivity (Wildman–Crippen MR) is 115 cm³/mol. The summed E-state index contributed by atoms with van der Waals surface area (Å²) in [5, 5.41) is 4.00. The SMILES string of the molecule is O=C(CN1C(=O)C(C(=O)N2CCCCC2)Sc2ccccc21)NCc1cccs1. The van der Waals surface area contributed by atoms with E-state index in [0.717, 1.165) is 29.0 Å². The van der Waals surface area contributed by atoms with Crippen molar-refractivity contribution in [2.24, 2.45) is 0 Å². The van der Waals surface area contributed by atoms with Gasteiger partial charge >= 0.3 is 0 Å². The third kappa shape index (κ3) is 4.48. The molecule has 2 aromatic rings. The van der Waals surface area contributed by atoms with E-state index in [1.165, 1.54) is 16.7 Å². The summed E-state index contributed by atoms with van der Waals surface area (Å²) in [5.41, 5.74) is 0.691. The van der Waals surface area contributed by atoms with Gasteiger partial charge in [-0.25, -0.2) is 0 Å². The first-order chi connectivity index (χ1) is 14.1. The average Bonchev–Trinajstić information content (AvgIpc) is 3.28. The molecular formula is C21H23N3O3S2. The van der Waals surface area contributed by atoms with Crippen LogP contribution in [0.4, 0.5) is 5.69 Å². The Balaban J connectivity index is 1.50. The number of carbonyl (C=O) groups is 3. The molecule has 152 valence electrons. The molecule has 2 aliphatic rings. The third-order valence-corrected chi connectivity index (χ3v) is 7.24. The Morgan fingerprint density at radius 1 is 1.07 bits per heavy atom. The minimum Gasteiger partial charge on any atom is -0.350 e. The van der Waals surface area contributed by atoms with E-state index >= 15 is 0 Å². The van der Waals surface area contributed by atoms with Gasteiger partial charge in [0.15, 0.2) is 5.25 Å². The van der Waals surface area contributed by atoms with Crippen molar-refractivity contribution in [3.05, 3.63) is 46.7 Å². The fourth-order valence-electron chi connectivity index (χ4n) is 3.62. The lowest BCUT2D eigenvalue weighted by molar-refractivity contribution is -0.135. The summed E-state index contributed by atoms with van der Waals surface area (Å²) in [6, 6.07) is 11.4. The maximum atomic E-state index is 13.2. The van der Waals surface area contributed by atoms with Gasteiger partial charge in [-0.05, 0) is 42.8 Å². The molecule has 1 atom stereocenters. The van der Waals surface area contributed by atoms with Gasteiger partial charge in [-0.2, -0.15) is 0 Å². The van der Waals surface area contributed by atoms with Crippen LogP contribution in [-0.2, 0) is 20.9 Å². The molecule has 0 spiro atoms. The summed E-state index contributed by atoms with van der Waals surface area (Å²) in [6.45, 7) is 1.74. The Labute approximate surface area is 178 Å². The number of carbonyl (C=O) groups excluding carboxylic acids is 3. The van der Waals surface area contributed by atoms with E-state index in [4.69, 9.17) is 0 Å². The van der Waals surface area contributed by atoms with Gasteiger partial charge in [-0.3, -0.25) is 14.4 Å². The van der Waals surface area contributed by atoms with Crippen LogP contribution >= 0.6 is 23.1 Å². The van der Waals surface area contributed by atoms with Crippen LogP contribution in [0.25, 0.3) is 0 Å². The van der Waals surface area contributed by atoms with Crippen molar-refractivity contribution in [3.8, 4) is 0 Å². The van der Waals surface area contributed by atoms with Crippen LogP contribution in [0, 0.1) is 0 Å². The van der Waals surface area contributed by atoms with Crippen LogP contribution < -0.4 is 10.2 Å². The molecule has 0 bridgehead atoms. The predicted octanol–water partition coefficient (Wildman–Crippen LogP) is 2.88. The van der Waals surface area contributed by atoms with Crippen LogP contribution in [0.1, 0.15) is 24.1 Å². The molecule has 1 aromatic carbocycles. The minimum absolute atomic E-state index is 0.0917. The van der Waals surface area contributed by atoms with Crippen molar-refractivity contribution >= 4 is 46.5 Å². The fourth-order valence-corrected chi connectivity index (χ4v) is 5.45. The number of benzene rings is 1. The van der Waals surface area contributed by atoms with Gasteiger partial charge in [0.25, 0.3) is 5.91 Å². The number of nitrogens with zero attached hydrogens (tertiary/aromatic N) is 2. The zero-order chi connectivity index (χ0) is 20.2. The third-order valence-electron chi connectivity index (χ3n) is 5.12. The highest BCUT2D eigenvalue weighted by Crippen LogP contribution is 2.39. The molecule has 0 saturated carbocycles. The molecule has 0 aliphatic carbocycles. The second-order valence-electron chi connectivity index (χ2n) is 7.13. The summed E-state index contributed by atoms with van der Waals surface area (Å²) >= 11 is 2.87. The summed E-state index contributed by atoms with van der Waals surface area (Å²) in [5.74, 6) is -0.689. The van der Waals surface area contributed by atoms with Crippen molar-refractivity contribution in [2.45, 2.75) is 36.0 Å². The number of hydrogen-bond acceptors (Lipinski definition) is 5. The zero-order valence-corrected chi connectivity index (χ0v) is 17.6. The molecule has 6 nitrogen and oxygen atoms in total. The number of anilines is 1. The first kappa shape index (κ1) is 20.0. The maximum absolute atomic E-state index is 13.2. The second kappa shape index (κ2) is 9.00. The zero-order valence-electron chi connectivity index (χ0n) is 16.0. The maximum Gasteiger partial charge on any atom is 0.250 e. The van der Waals surface area contributed by atoms with E-state index in [1.807, 2.05) is 41.8 Å². The van der Waals surface area contributed by atoms with Crippen molar-refractivity contribution < 1.29 is 14.4 Å². The van der Waals surface area contributed by atoms with Gasteiger partial charge in [0.1, 0.15) is 6.54 Å². The first-order valence-electron chi connectivity index (χ1n) is 9.78. The van der Waals surface area contributed by atoms with Gasteiger partial charge < -0.3 is 15.1 Å². The Morgan fingerprint density at radius 2 is 1.86 bits per heavy atom. The molecule has 3 amide bonds. The number of amides is 3. The average molecular weight is 430 g/mol. The van der Waals surface area contributed by atoms with Gasteiger partial charge in [-0.1, -0.05) is 18.2 Å². The Kier molecular flexibility index (Phi) is 6.20. The van der Waals surface area contributed by atoms with E-state index in [1.54, 1.807) is 16.2 Å². The molecule has 3 heterocycles. The van der Waals surface area contributed by atoms with Crippen LogP contribution in [0.2, 0.25) is 0 Å². The highest BCUT2D eigenvalue weighted by molar-refractivity contribution is 8.01. The van der Waals surface area contributed by atoms with E-state index in [-0.39, 0.29) is 24.3 Å². The number of nitrogens with one attached hydrogen (secondary N) is 1. The molecule has 8 heteroatoms. The molecule has 1 saturated heterocycles. The van der Waals surface area contributed by atoms with Gasteiger partial charge in [0.05, 0.1) is 12.2 Å². The number of thioether (sulfide) groups is 1. The lowest BCUT2D eigenvalue weighted by atomic mass is 10.1. The van der Waals surface area contributed by atoms with Crippen LogP contribution in [0.15, 0.2) is 46.7 Å². The lowest BCUT2D eigenvalue weighted by Gasteiger charge is -2.36. The standard InChI is InChI=1S/C21H23N3O3S2/c25-18(22-13-15-7-6-12-28-15)14-24-16-8-2-3-9-17(16)29-19(21(24)27)20(26)23-10-4-1-5-11-23/h2-3,6-9,12,19H,1,4-5,10-11,13-14H2,(H,22,25). The molecule has 2 aliphatic heterocycles. The number of para-hydroxylation sites is 1. The number of likely N-dealkylation sites (tertiary alicyclic amines) is 1. The largest absolute Gasteiger partial charge is 0.350 e. The Bertz CT molecular complexity index is 894. The summed E-state index contributed by atoms with van der Waals surface area (Å²) in [7, 11) is 0. The highest BCUT2D eigenvalue weighted by Gasteiger charge is 2.40. The fraction of sp³-hybridized carbons (Fsp3) is 0.381. The second-order valence-corrected chi connectivity index (χ2v) is 9.31. The Hall–Kier alpha value is -2.32. The number of thiophene rings is 1. The summed E-state index contributed by atoms with van der Waals surface area (Å²) in [6.07, 6.45) is 3.07. The molecule has 1 aromatic heterocycles. The normalized spacial score (nSPS) is 19.0. The van der Waals surface area contributed by atoms with Crippen molar-refractivity contribution in [1.82, 2.24) is 10.2 Å². The van der Waals surface area contributed by atoms with E-state index in [0.29, 0.717) is 25.3 Å². The Morgan fingerprint density at radius 3 is 2.62 bits per heavy atom. The van der Waals surface area contributed by atoms with Crippen molar-refractivity contribution in [1.29, 1.82) is 0 Å². The topological polar surface area (TPSA) is 69.7 Å². The summed E-state index contributed by atoms with van der Waals surface area (Å²) in [4.78, 5) is 44.0.